The summed E-state index contributed by atoms with van der Waals surface area (Å²) in [6.07, 6.45) is 6.80. The zero-order valence-corrected chi connectivity index (χ0v) is 14.7. The highest BCUT2D eigenvalue weighted by Gasteiger charge is 2.08. The summed E-state index contributed by atoms with van der Waals surface area (Å²) in [5.41, 5.74) is 1.67. The molecule has 0 aliphatic carbocycles. The molecule has 6 nitrogen and oxygen atoms in total. The van der Waals surface area contributed by atoms with Gasteiger partial charge < -0.3 is 4.57 Å². The van der Waals surface area contributed by atoms with E-state index in [1.165, 1.54) is 10.6 Å². The van der Waals surface area contributed by atoms with Gasteiger partial charge in [0, 0.05) is 25.2 Å². The Labute approximate surface area is 146 Å². The van der Waals surface area contributed by atoms with Gasteiger partial charge in [-0.3, -0.25) is 14.3 Å². The van der Waals surface area contributed by atoms with Crippen LogP contribution < -0.4 is 10.3 Å². The van der Waals surface area contributed by atoms with Crippen molar-refractivity contribution in [2.75, 3.05) is 6.26 Å². The summed E-state index contributed by atoms with van der Waals surface area (Å²) in [6.45, 7) is 0.346. The molecule has 0 atom stereocenters. The van der Waals surface area contributed by atoms with E-state index in [-0.39, 0.29) is 12.0 Å². The zero-order valence-electron chi connectivity index (χ0n) is 13.9. The van der Waals surface area contributed by atoms with Gasteiger partial charge in [-0.05, 0) is 23.6 Å². The number of sulfonamides is 1. The molecule has 0 radical (unpaired) electrons. The molecule has 0 saturated heterocycles. The first kappa shape index (κ1) is 18.7. The van der Waals surface area contributed by atoms with E-state index in [2.05, 4.69) is 0 Å². The molecule has 1 aromatic carbocycles. The number of pyridine rings is 1. The van der Waals surface area contributed by atoms with Crippen LogP contribution in [0, 0.1) is 0 Å². The van der Waals surface area contributed by atoms with E-state index in [0.717, 1.165) is 17.4 Å². The van der Waals surface area contributed by atoms with Gasteiger partial charge in [0.15, 0.2) is 0 Å². The minimum atomic E-state index is -3.54. The van der Waals surface area contributed by atoms with E-state index in [9.17, 15) is 18.0 Å². The van der Waals surface area contributed by atoms with Gasteiger partial charge in [-0.2, -0.15) is 0 Å². The first-order valence-corrected chi connectivity index (χ1v) is 9.67. The molecule has 0 aliphatic rings. The second-order valence-electron chi connectivity index (χ2n) is 5.64. The Hall–Kier alpha value is -2.67. The smallest absolute Gasteiger partial charge is 0.251 e. The van der Waals surface area contributed by atoms with Crippen molar-refractivity contribution in [3.8, 4) is 0 Å². The Bertz CT molecular complexity index is 916. The molecule has 0 bridgehead atoms. The van der Waals surface area contributed by atoms with Crippen molar-refractivity contribution in [2.24, 2.45) is 0 Å². The number of hydrogen-bond donors (Lipinski definition) is 1. The maximum atomic E-state index is 12.1. The van der Waals surface area contributed by atoms with E-state index in [1.807, 2.05) is 53.3 Å². The summed E-state index contributed by atoms with van der Waals surface area (Å²) < 4.78 is 25.3. The van der Waals surface area contributed by atoms with Crippen molar-refractivity contribution < 1.29 is 13.2 Å². The summed E-state index contributed by atoms with van der Waals surface area (Å²) in [7, 11) is -3.54. The lowest BCUT2D eigenvalue weighted by Crippen LogP contribution is -2.29. The average Bonchev–Trinajstić information content (AvgIpc) is 2.54. The van der Waals surface area contributed by atoms with E-state index in [0.29, 0.717) is 13.0 Å². The van der Waals surface area contributed by atoms with Gasteiger partial charge in [0.1, 0.15) is 0 Å². The Morgan fingerprint density at radius 3 is 2.44 bits per heavy atom. The predicted octanol–water partition coefficient (Wildman–Crippen LogP) is 1.87. The second kappa shape index (κ2) is 8.43. The minimum Gasteiger partial charge on any atom is -0.315 e. The molecule has 1 N–H and O–H groups in total. The number of carbonyl (C=O) groups is 1. The van der Waals surface area contributed by atoms with Crippen molar-refractivity contribution in [1.82, 2.24) is 9.29 Å². The van der Waals surface area contributed by atoms with Gasteiger partial charge in [0.2, 0.25) is 15.9 Å². The highest BCUT2D eigenvalue weighted by Crippen LogP contribution is 2.06. The minimum absolute atomic E-state index is 0.0369. The van der Waals surface area contributed by atoms with Crippen LogP contribution in [0.5, 0.6) is 0 Å². The molecular formula is C18H20N2O4S. The first-order chi connectivity index (χ1) is 11.8. The van der Waals surface area contributed by atoms with Crippen molar-refractivity contribution >= 4 is 28.1 Å². The van der Waals surface area contributed by atoms with Gasteiger partial charge >= 0.3 is 0 Å². The Balaban J connectivity index is 1.92. The second-order valence-corrected chi connectivity index (χ2v) is 7.39. The van der Waals surface area contributed by atoms with E-state index in [1.54, 1.807) is 6.20 Å². The largest absolute Gasteiger partial charge is 0.315 e. The fraction of sp³-hybridized carbons (Fsp3) is 0.222. The van der Waals surface area contributed by atoms with E-state index < -0.39 is 15.9 Å². The number of carbonyl (C=O) groups excluding carboxylic acids is 1. The number of aryl methyl sites for hydroxylation is 1. The highest BCUT2D eigenvalue weighted by molar-refractivity contribution is 7.89. The first-order valence-electron chi connectivity index (χ1n) is 7.78. The van der Waals surface area contributed by atoms with Crippen LogP contribution in [0.25, 0.3) is 12.2 Å². The van der Waals surface area contributed by atoms with Gasteiger partial charge in [-0.1, -0.05) is 42.5 Å². The lowest BCUT2D eigenvalue weighted by atomic mass is 10.1. The number of aromatic nitrogens is 1. The summed E-state index contributed by atoms with van der Waals surface area (Å²) in [5, 5.41) is 0. The fourth-order valence-corrected chi connectivity index (χ4v) is 2.75. The number of rotatable bonds is 7. The van der Waals surface area contributed by atoms with Crippen molar-refractivity contribution in [3.63, 3.8) is 0 Å². The molecular weight excluding hydrogens is 340 g/mol. The third kappa shape index (κ3) is 6.76. The van der Waals surface area contributed by atoms with Crippen LogP contribution in [0.2, 0.25) is 0 Å². The maximum absolute atomic E-state index is 12.1. The molecule has 2 aromatic rings. The molecule has 25 heavy (non-hydrogen) atoms. The highest BCUT2D eigenvalue weighted by atomic mass is 32.2. The van der Waals surface area contributed by atoms with Crippen LogP contribution >= 0.6 is 0 Å². The van der Waals surface area contributed by atoms with Gasteiger partial charge in [-0.25, -0.2) is 8.42 Å². The number of nitrogens with zero attached hydrogens (tertiary/aromatic N) is 1. The van der Waals surface area contributed by atoms with Gasteiger partial charge in [0.05, 0.1) is 6.26 Å². The van der Waals surface area contributed by atoms with Crippen molar-refractivity contribution in [3.05, 3.63) is 70.1 Å². The number of nitrogens with one attached hydrogen (secondary N) is 1. The Kier molecular flexibility index (Phi) is 6.30. The monoisotopic (exact) mass is 360 g/mol. The number of hydrogen-bond acceptors (Lipinski definition) is 4. The third-order valence-corrected chi connectivity index (χ3v) is 3.99. The number of benzene rings is 1. The average molecular weight is 360 g/mol. The Morgan fingerprint density at radius 1 is 1.12 bits per heavy atom. The van der Waals surface area contributed by atoms with E-state index >= 15 is 0 Å². The van der Waals surface area contributed by atoms with Crippen LogP contribution in [0.4, 0.5) is 0 Å². The molecule has 7 heteroatoms. The number of amides is 1. The van der Waals surface area contributed by atoms with Gasteiger partial charge in [0.25, 0.3) is 5.56 Å². The lowest BCUT2D eigenvalue weighted by molar-refractivity contribution is -0.119. The molecule has 1 amide bonds. The van der Waals surface area contributed by atoms with Crippen molar-refractivity contribution in [1.29, 1.82) is 0 Å². The molecule has 0 spiro atoms. The standard InChI is InChI=1S/C18H20N2O4S/c1-25(23,24)19-17(21)8-5-12-20-13-11-16(14-18(20)22)10-9-15-6-3-2-4-7-15/h2-4,6-7,9-11,13-14H,5,8,12H2,1H3,(H,19,21)/b10-9+. The molecule has 0 unspecified atom stereocenters. The van der Waals surface area contributed by atoms with E-state index in [4.69, 9.17) is 0 Å². The molecule has 132 valence electrons. The van der Waals surface area contributed by atoms with Crippen molar-refractivity contribution in [2.45, 2.75) is 19.4 Å². The zero-order chi connectivity index (χ0) is 18.3. The fourth-order valence-electron chi connectivity index (χ4n) is 2.24. The lowest BCUT2D eigenvalue weighted by Gasteiger charge is -2.06. The molecule has 0 aliphatic heterocycles. The maximum Gasteiger partial charge on any atom is 0.251 e. The molecule has 2 rings (SSSR count). The van der Waals surface area contributed by atoms with Crippen LogP contribution in [0.3, 0.4) is 0 Å². The predicted molar refractivity (Wildman–Crippen MR) is 98.3 cm³/mol. The Morgan fingerprint density at radius 2 is 1.80 bits per heavy atom. The molecule has 1 aromatic heterocycles. The quantitative estimate of drug-likeness (QED) is 0.817. The summed E-state index contributed by atoms with van der Waals surface area (Å²) in [5.74, 6) is -0.571. The van der Waals surface area contributed by atoms with Crippen LogP contribution in [0.1, 0.15) is 24.0 Å². The molecule has 0 fully saturated rings. The van der Waals surface area contributed by atoms with Crippen LogP contribution in [-0.4, -0.2) is 25.1 Å². The summed E-state index contributed by atoms with van der Waals surface area (Å²) in [6, 6.07) is 13.1. The van der Waals surface area contributed by atoms with Crippen LogP contribution in [-0.2, 0) is 21.4 Å². The topological polar surface area (TPSA) is 85.2 Å². The third-order valence-electron chi connectivity index (χ3n) is 3.39. The molecule has 1 heterocycles. The normalized spacial score (nSPS) is 11.6. The van der Waals surface area contributed by atoms with Gasteiger partial charge in [-0.15, -0.1) is 0 Å². The SMILES string of the molecule is CS(=O)(=O)NC(=O)CCCn1ccc(/C=C/c2ccccc2)cc1=O. The van der Waals surface area contributed by atoms with Crippen LogP contribution in [0.15, 0.2) is 53.5 Å². The summed E-state index contributed by atoms with van der Waals surface area (Å²) >= 11 is 0. The summed E-state index contributed by atoms with van der Waals surface area (Å²) in [4.78, 5) is 23.5. The molecule has 0 saturated carbocycles.